The average molecular weight is 453 g/mol. The molecule has 3 aromatic carbocycles. The first-order valence-corrected chi connectivity index (χ1v) is 9.65. The van der Waals surface area contributed by atoms with Crippen LogP contribution in [0, 0.1) is 18.6 Å². The second-order valence-corrected chi connectivity index (χ2v) is 7.42. The van der Waals surface area contributed by atoms with E-state index in [2.05, 4.69) is 20.9 Å². The molecule has 1 aromatic heterocycles. The van der Waals surface area contributed by atoms with Crippen molar-refractivity contribution < 1.29 is 8.78 Å². The lowest BCUT2D eigenvalue weighted by atomic mass is 10.1. The van der Waals surface area contributed by atoms with Crippen LogP contribution in [0.25, 0.3) is 28.7 Å². The van der Waals surface area contributed by atoms with Crippen LogP contribution in [0.5, 0.6) is 0 Å². The number of halogens is 3. The van der Waals surface area contributed by atoms with Crippen molar-refractivity contribution in [3.05, 3.63) is 104 Å². The van der Waals surface area contributed by atoms with Crippen LogP contribution in [0.15, 0.2) is 69.9 Å². The number of benzene rings is 3. The molecule has 0 aliphatic heterocycles. The molecular formula is C23H15BrF2N2O. The van der Waals surface area contributed by atoms with Crippen molar-refractivity contribution in [2.24, 2.45) is 0 Å². The number of rotatable bonds is 3. The quantitative estimate of drug-likeness (QED) is 0.387. The molecule has 0 atom stereocenters. The summed E-state index contributed by atoms with van der Waals surface area (Å²) in [6, 6.07) is 16.3. The maximum Gasteiger partial charge on any atom is 0.266 e. The molecule has 4 aromatic rings. The summed E-state index contributed by atoms with van der Waals surface area (Å²) < 4.78 is 29.1. The summed E-state index contributed by atoms with van der Waals surface area (Å²) in [4.78, 5) is 17.8. The fourth-order valence-corrected chi connectivity index (χ4v) is 3.31. The normalized spacial score (nSPS) is 11.4. The molecule has 0 bridgehead atoms. The standard InChI is InChI=1S/C23H15BrF2N2O/c1-14-12-16(8-9-18(14)24)28-22(11-7-15-6-10-19(25)20(26)13-15)27-21-5-3-2-4-17(21)23(28)29/h2-13H,1H3. The number of hydrogen-bond donors (Lipinski definition) is 0. The summed E-state index contributed by atoms with van der Waals surface area (Å²) in [5.41, 5.74) is 2.46. The Morgan fingerprint density at radius 3 is 2.52 bits per heavy atom. The number of aromatic nitrogens is 2. The minimum atomic E-state index is -0.931. The molecule has 4 rings (SSSR count). The van der Waals surface area contributed by atoms with Gasteiger partial charge in [0, 0.05) is 4.47 Å². The van der Waals surface area contributed by atoms with Gasteiger partial charge in [-0.05, 0) is 66.6 Å². The van der Waals surface area contributed by atoms with E-state index in [1.54, 1.807) is 30.4 Å². The Labute approximate surface area is 174 Å². The molecule has 1 heterocycles. The van der Waals surface area contributed by atoms with Gasteiger partial charge in [-0.2, -0.15) is 0 Å². The van der Waals surface area contributed by atoms with Gasteiger partial charge in [-0.25, -0.2) is 13.8 Å². The third-order valence-corrected chi connectivity index (χ3v) is 5.46. The second-order valence-electron chi connectivity index (χ2n) is 6.57. The topological polar surface area (TPSA) is 34.9 Å². The fraction of sp³-hybridized carbons (Fsp3) is 0.0435. The largest absolute Gasteiger partial charge is 0.268 e. The molecule has 0 fully saturated rings. The van der Waals surface area contributed by atoms with Gasteiger partial charge in [-0.1, -0.05) is 40.2 Å². The fourth-order valence-electron chi connectivity index (χ4n) is 3.07. The Bertz CT molecular complexity index is 1330. The van der Waals surface area contributed by atoms with E-state index >= 15 is 0 Å². The maximum atomic E-state index is 13.5. The monoisotopic (exact) mass is 452 g/mol. The minimum Gasteiger partial charge on any atom is -0.268 e. The van der Waals surface area contributed by atoms with Crippen LogP contribution in [-0.4, -0.2) is 9.55 Å². The van der Waals surface area contributed by atoms with E-state index in [-0.39, 0.29) is 5.56 Å². The Morgan fingerprint density at radius 1 is 0.966 bits per heavy atom. The number of aryl methyl sites for hydroxylation is 1. The number of fused-ring (bicyclic) bond motifs is 1. The van der Waals surface area contributed by atoms with Crippen LogP contribution in [0.4, 0.5) is 8.78 Å². The van der Waals surface area contributed by atoms with Gasteiger partial charge in [0.1, 0.15) is 5.82 Å². The van der Waals surface area contributed by atoms with Gasteiger partial charge in [0.25, 0.3) is 5.56 Å². The predicted molar refractivity (Wildman–Crippen MR) is 115 cm³/mol. The molecule has 3 nitrogen and oxygen atoms in total. The summed E-state index contributed by atoms with van der Waals surface area (Å²) in [5.74, 6) is -1.45. The highest BCUT2D eigenvalue weighted by Crippen LogP contribution is 2.21. The first-order chi connectivity index (χ1) is 13.9. The molecule has 0 aliphatic carbocycles. The van der Waals surface area contributed by atoms with E-state index in [0.717, 1.165) is 22.2 Å². The van der Waals surface area contributed by atoms with Gasteiger partial charge in [0.05, 0.1) is 16.6 Å². The highest BCUT2D eigenvalue weighted by Gasteiger charge is 2.12. The SMILES string of the molecule is Cc1cc(-n2c(C=Cc3ccc(F)c(F)c3)nc3ccccc3c2=O)ccc1Br. The van der Waals surface area contributed by atoms with E-state index in [0.29, 0.717) is 28.0 Å². The Balaban J connectivity index is 1.93. The lowest BCUT2D eigenvalue weighted by Crippen LogP contribution is -2.22. The average Bonchev–Trinajstić information content (AvgIpc) is 2.71. The number of hydrogen-bond acceptors (Lipinski definition) is 2. The highest BCUT2D eigenvalue weighted by molar-refractivity contribution is 9.10. The van der Waals surface area contributed by atoms with Gasteiger partial charge in [-0.3, -0.25) is 9.36 Å². The molecule has 6 heteroatoms. The molecule has 0 radical (unpaired) electrons. The molecule has 29 heavy (non-hydrogen) atoms. The van der Waals surface area contributed by atoms with Crippen LogP contribution in [0.3, 0.4) is 0 Å². The van der Waals surface area contributed by atoms with Crippen LogP contribution < -0.4 is 5.56 Å². The summed E-state index contributed by atoms with van der Waals surface area (Å²) in [5, 5.41) is 0.498. The van der Waals surface area contributed by atoms with E-state index in [1.165, 1.54) is 10.6 Å². The molecule has 0 spiro atoms. The summed E-state index contributed by atoms with van der Waals surface area (Å²) in [7, 11) is 0. The van der Waals surface area contributed by atoms with Crippen molar-refractivity contribution in [1.29, 1.82) is 0 Å². The first-order valence-electron chi connectivity index (χ1n) is 8.85. The molecular weight excluding hydrogens is 438 g/mol. The van der Waals surface area contributed by atoms with Crippen molar-refractivity contribution in [3.8, 4) is 5.69 Å². The van der Waals surface area contributed by atoms with Gasteiger partial charge >= 0.3 is 0 Å². The Kier molecular flexibility index (Phi) is 5.11. The van der Waals surface area contributed by atoms with Crippen LogP contribution in [-0.2, 0) is 0 Å². The molecule has 0 aliphatic rings. The minimum absolute atomic E-state index is 0.206. The van der Waals surface area contributed by atoms with Crippen molar-refractivity contribution >= 4 is 39.0 Å². The third kappa shape index (κ3) is 3.76. The molecule has 0 N–H and O–H groups in total. The highest BCUT2D eigenvalue weighted by atomic mass is 79.9. The third-order valence-electron chi connectivity index (χ3n) is 4.57. The summed E-state index contributed by atoms with van der Waals surface area (Å²) in [6.07, 6.45) is 3.22. The van der Waals surface area contributed by atoms with Crippen molar-refractivity contribution in [2.45, 2.75) is 6.92 Å². The second kappa shape index (κ2) is 7.72. The maximum absolute atomic E-state index is 13.5. The number of para-hydroxylation sites is 1. The van der Waals surface area contributed by atoms with Crippen LogP contribution in [0.2, 0.25) is 0 Å². The lowest BCUT2D eigenvalue weighted by molar-refractivity contribution is 0.508. The predicted octanol–water partition coefficient (Wildman–Crippen LogP) is 5.91. The van der Waals surface area contributed by atoms with Crippen LogP contribution >= 0.6 is 15.9 Å². The Morgan fingerprint density at radius 2 is 1.76 bits per heavy atom. The smallest absolute Gasteiger partial charge is 0.266 e. The van der Waals surface area contributed by atoms with E-state index < -0.39 is 11.6 Å². The van der Waals surface area contributed by atoms with Gasteiger partial charge < -0.3 is 0 Å². The molecule has 0 unspecified atom stereocenters. The zero-order chi connectivity index (χ0) is 20.5. The van der Waals surface area contributed by atoms with Crippen LogP contribution in [0.1, 0.15) is 17.0 Å². The van der Waals surface area contributed by atoms with Crippen molar-refractivity contribution in [3.63, 3.8) is 0 Å². The van der Waals surface area contributed by atoms with E-state index in [9.17, 15) is 13.6 Å². The van der Waals surface area contributed by atoms with Crippen molar-refractivity contribution in [2.75, 3.05) is 0 Å². The number of nitrogens with zero attached hydrogens (tertiary/aromatic N) is 2. The summed E-state index contributed by atoms with van der Waals surface area (Å²) >= 11 is 3.47. The summed E-state index contributed by atoms with van der Waals surface area (Å²) in [6.45, 7) is 1.93. The zero-order valence-electron chi connectivity index (χ0n) is 15.4. The molecule has 144 valence electrons. The first kappa shape index (κ1) is 19.2. The Hall–Kier alpha value is -3.12. The van der Waals surface area contributed by atoms with Crippen molar-refractivity contribution in [1.82, 2.24) is 9.55 Å². The van der Waals surface area contributed by atoms with Gasteiger partial charge in [0.2, 0.25) is 0 Å². The molecule has 0 amide bonds. The van der Waals surface area contributed by atoms with Gasteiger partial charge in [-0.15, -0.1) is 0 Å². The lowest BCUT2D eigenvalue weighted by Gasteiger charge is -2.12. The van der Waals surface area contributed by atoms with Gasteiger partial charge in [0.15, 0.2) is 11.6 Å². The van der Waals surface area contributed by atoms with E-state index in [1.807, 2.05) is 31.2 Å². The van der Waals surface area contributed by atoms with E-state index in [4.69, 9.17) is 0 Å². The molecule has 0 saturated heterocycles. The zero-order valence-corrected chi connectivity index (χ0v) is 17.0. The molecule has 0 saturated carbocycles.